The third-order valence-electron chi connectivity index (χ3n) is 3.24. The maximum Gasteiger partial charge on any atom is 0.170 e. The molecule has 1 aromatic rings. The van der Waals surface area contributed by atoms with Crippen molar-refractivity contribution in [1.29, 1.82) is 0 Å². The molecule has 1 atom stereocenters. The summed E-state index contributed by atoms with van der Waals surface area (Å²) in [6.45, 7) is 7.45. The average molecular weight is 237 g/mol. The number of aromatic nitrogens is 1. The highest BCUT2D eigenvalue weighted by Gasteiger charge is 2.23. The summed E-state index contributed by atoms with van der Waals surface area (Å²) in [5, 5.41) is 3.15. The minimum Gasteiger partial charge on any atom is -0.354 e. The van der Waals surface area contributed by atoms with Gasteiger partial charge in [-0.25, -0.2) is 9.37 Å². The van der Waals surface area contributed by atoms with Gasteiger partial charge in [0.1, 0.15) is 0 Å². The van der Waals surface area contributed by atoms with Crippen LogP contribution in [0.4, 0.5) is 10.2 Å². The molecule has 4 heteroatoms. The number of rotatable bonds is 4. The molecule has 1 N–H and O–H groups in total. The van der Waals surface area contributed by atoms with Gasteiger partial charge >= 0.3 is 0 Å². The molecule has 1 aliphatic rings. The van der Waals surface area contributed by atoms with Crippen molar-refractivity contribution in [3.05, 3.63) is 23.6 Å². The van der Waals surface area contributed by atoms with Crippen LogP contribution in [-0.4, -0.2) is 24.6 Å². The van der Waals surface area contributed by atoms with E-state index in [4.69, 9.17) is 0 Å². The van der Waals surface area contributed by atoms with Crippen LogP contribution in [0, 0.1) is 11.7 Å². The van der Waals surface area contributed by atoms with Gasteiger partial charge in [-0.1, -0.05) is 13.8 Å². The van der Waals surface area contributed by atoms with Crippen LogP contribution in [0.15, 0.2) is 12.3 Å². The molecule has 0 amide bonds. The van der Waals surface area contributed by atoms with Crippen LogP contribution < -0.4 is 10.2 Å². The topological polar surface area (TPSA) is 28.2 Å². The summed E-state index contributed by atoms with van der Waals surface area (Å²) in [7, 11) is 0. The smallest absolute Gasteiger partial charge is 0.170 e. The quantitative estimate of drug-likeness (QED) is 0.870. The van der Waals surface area contributed by atoms with E-state index in [2.05, 4.69) is 22.1 Å². The van der Waals surface area contributed by atoms with E-state index in [9.17, 15) is 4.39 Å². The molecular weight excluding hydrogens is 217 g/mol. The van der Waals surface area contributed by atoms with E-state index in [-0.39, 0.29) is 5.82 Å². The number of nitrogens with one attached hydrogen (secondary N) is 1. The number of pyridine rings is 1. The van der Waals surface area contributed by atoms with Crippen LogP contribution in [-0.2, 0) is 6.54 Å². The summed E-state index contributed by atoms with van der Waals surface area (Å²) in [4.78, 5) is 6.24. The van der Waals surface area contributed by atoms with Crippen molar-refractivity contribution in [3.8, 4) is 0 Å². The molecule has 1 fully saturated rings. The third kappa shape index (κ3) is 2.75. The van der Waals surface area contributed by atoms with Crippen LogP contribution in [0.5, 0.6) is 0 Å². The molecule has 1 aliphatic heterocycles. The lowest BCUT2D eigenvalue weighted by Gasteiger charge is -2.18. The number of halogens is 1. The summed E-state index contributed by atoms with van der Waals surface area (Å²) in [6.07, 6.45) is 2.83. The molecule has 0 spiro atoms. The second-order valence-corrected chi connectivity index (χ2v) is 4.73. The molecule has 3 nitrogen and oxygen atoms in total. The number of nitrogens with zero attached hydrogens (tertiary/aromatic N) is 2. The summed E-state index contributed by atoms with van der Waals surface area (Å²) < 4.78 is 14.2. The Bertz CT molecular complexity index is 381. The molecular formula is C13H20FN3. The second-order valence-electron chi connectivity index (χ2n) is 4.73. The minimum atomic E-state index is -0.164. The predicted octanol–water partition coefficient (Wildman–Crippen LogP) is 2.18. The van der Waals surface area contributed by atoms with Gasteiger partial charge in [-0.3, -0.25) is 0 Å². The van der Waals surface area contributed by atoms with Crippen molar-refractivity contribution in [3.63, 3.8) is 0 Å². The molecule has 1 saturated heterocycles. The summed E-state index contributed by atoms with van der Waals surface area (Å²) in [5.41, 5.74) is 0.705. The van der Waals surface area contributed by atoms with Gasteiger partial charge in [0, 0.05) is 31.4 Å². The van der Waals surface area contributed by atoms with Gasteiger partial charge in [0.05, 0.1) is 0 Å². The zero-order valence-corrected chi connectivity index (χ0v) is 10.5. The summed E-state index contributed by atoms with van der Waals surface area (Å²) in [6, 6.07) is 1.75. The van der Waals surface area contributed by atoms with Crippen molar-refractivity contribution >= 4 is 5.82 Å². The summed E-state index contributed by atoms with van der Waals surface area (Å²) in [5.74, 6) is 0.987. The van der Waals surface area contributed by atoms with Crippen LogP contribution >= 0.6 is 0 Å². The Balaban J connectivity index is 2.17. The second kappa shape index (κ2) is 5.45. The highest BCUT2D eigenvalue weighted by atomic mass is 19.1. The largest absolute Gasteiger partial charge is 0.354 e. The van der Waals surface area contributed by atoms with Crippen molar-refractivity contribution < 1.29 is 4.39 Å². The van der Waals surface area contributed by atoms with E-state index < -0.39 is 0 Å². The van der Waals surface area contributed by atoms with E-state index in [1.807, 2.05) is 6.92 Å². The van der Waals surface area contributed by atoms with Crippen LogP contribution in [0.3, 0.4) is 0 Å². The normalized spacial score (nSPS) is 19.9. The lowest BCUT2D eigenvalue weighted by molar-refractivity contribution is 0.582. The number of anilines is 1. The van der Waals surface area contributed by atoms with Gasteiger partial charge in [-0.15, -0.1) is 0 Å². The molecule has 0 aromatic carbocycles. The molecule has 1 aromatic heterocycles. The third-order valence-corrected chi connectivity index (χ3v) is 3.24. The monoisotopic (exact) mass is 237 g/mol. The highest BCUT2D eigenvalue weighted by Crippen LogP contribution is 2.25. The fraction of sp³-hybridized carbons (Fsp3) is 0.615. The van der Waals surface area contributed by atoms with E-state index in [0.29, 0.717) is 23.8 Å². The van der Waals surface area contributed by atoms with Gasteiger partial charge in [0.2, 0.25) is 0 Å². The molecule has 0 aliphatic carbocycles. The van der Waals surface area contributed by atoms with E-state index in [1.165, 1.54) is 0 Å². The Hall–Kier alpha value is -1.16. The first kappa shape index (κ1) is 12.3. The standard InChI is InChI=1S/C13H20FN3/c1-3-15-8-11-4-6-16-13(12(11)14)17-7-5-10(2)9-17/h4,6,10,15H,3,5,7-9H2,1-2H3. The molecule has 0 saturated carbocycles. The van der Waals surface area contributed by atoms with Gasteiger partial charge in [0.15, 0.2) is 11.6 Å². The Morgan fingerprint density at radius 3 is 3.06 bits per heavy atom. The average Bonchev–Trinajstić information content (AvgIpc) is 2.74. The van der Waals surface area contributed by atoms with E-state index in [0.717, 1.165) is 26.1 Å². The predicted molar refractivity (Wildman–Crippen MR) is 67.6 cm³/mol. The maximum atomic E-state index is 14.2. The molecule has 2 heterocycles. The van der Waals surface area contributed by atoms with Crippen LogP contribution in [0.25, 0.3) is 0 Å². The van der Waals surface area contributed by atoms with Gasteiger partial charge in [0.25, 0.3) is 0 Å². The first-order chi connectivity index (χ1) is 8.22. The summed E-state index contributed by atoms with van der Waals surface area (Å²) >= 11 is 0. The van der Waals surface area contributed by atoms with Crippen molar-refractivity contribution in [2.24, 2.45) is 5.92 Å². The maximum absolute atomic E-state index is 14.2. The van der Waals surface area contributed by atoms with Gasteiger partial charge < -0.3 is 10.2 Å². The van der Waals surface area contributed by atoms with Crippen molar-refractivity contribution in [1.82, 2.24) is 10.3 Å². The lowest BCUT2D eigenvalue weighted by atomic mass is 10.2. The van der Waals surface area contributed by atoms with Gasteiger partial charge in [-0.2, -0.15) is 0 Å². The number of hydrogen-bond donors (Lipinski definition) is 1. The molecule has 0 bridgehead atoms. The molecule has 1 unspecified atom stereocenters. The Kier molecular flexibility index (Phi) is 3.94. The van der Waals surface area contributed by atoms with Gasteiger partial charge in [-0.05, 0) is 24.9 Å². The first-order valence-corrected chi connectivity index (χ1v) is 6.31. The Morgan fingerprint density at radius 2 is 2.41 bits per heavy atom. The molecule has 0 radical (unpaired) electrons. The van der Waals surface area contributed by atoms with Crippen molar-refractivity contribution in [2.45, 2.75) is 26.8 Å². The molecule has 2 rings (SSSR count). The zero-order valence-electron chi connectivity index (χ0n) is 10.5. The van der Waals surface area contributed by atoms with Crippen LogP contribution in [0.2, 0.25) is 0 Å². The fourth-order valence-corrected chi connectivity index (χ4v) is 2.22. The SMILES string of the molecule is CCNCc1ccnc(N2CCC(C)C2)c1F. The number of hydrogen-bond acceptors (Lipinski definition) is 3. The van der Waals surface area contributed by atoms with Crippen molar-refractivity contribution in [2.75, 3.05) is 24.5 Å². The highest BCUT2D eigenvalue weighted by molar-refractivity contribution is 5.44. The van der Waals surface area contributed by atoms with E-state index in [1.54, 1.807) is 12.3 Å². The lowest BCUT2D eigenvalue weighted by Crippen LogP contribution is -2.23. The zero-order chi connectivity index (χ0) is 12.3. The molecule has 17 heavy (non-hydrogen) atoms. The Labute approximate surface area is 102 Å². The fourth-order valence-electron chi connectivity index (χ4n) is 2.22. The minimum absolute atomic E-state index is 0.164. The molecule has 94 valence electrons. The van der Waals surface area contributed by atoms with Crippen LogP contribution in [0.1, 0.15) is 25.8 Å². The Morgan fingerprint density at radius 1 is 1.59 bits per heavy atom. The van der Waals surface area contributed by atoms with E-state index >= 15 is 0 Å². The first-order valence-electron chi connectivity index (χ1n) is 6.31.